The van der Waals surface area contributed by atoms with E-state index in [0.717, 1.165) is 11.3 Å². The number of nitrogens with two attached hydrogens (primary N) is 1. The van der Waals surface area contributed by atoms with Crippen molar-refractivity contribution in [3.05, 3.63) is 54.2 Å². The lowest BCUT2D eigenvalue weighted by Gasteiger charge is -2.07. The summed E-state index contributed by atoms with van der Waals surface area (Å²) in [7, 11) is 0. The van der Waals surface area contributed by atoms with E-state index >= 15 is 0 Å². The molecule has 0 bridgehead atoms. The second kappa shape index (κ2) is 4.76. The predicted octanol–water partition coefficient (Wildman–Crippen LogP) is 1.83. The van der Waals surface area contributed by atoms with E-state index in [2.05, 4.69) is 4.98 Å². The number of pyridine rings is 1. The van der Waals surface area contributed by atoms with Crippen molar-refractivity contribution < 1.29 is 9.90 Å². The van der Waals surface area contributed by atoms with E-state index in [0.29, 0.717) is 5.56 Å². The van der Waals surface area contributed by atoms with E-state index in [1.54, 1.807) is 12.1 Å². The smallest absolute Gasteiger partial charge is 0.325 e. The molecule has 1 aromatic carbocycles. The third-order valence-corrected chi connectivity index (χ3v) is 2.48. The second-order valence-electron chi connectivity index (χ2n) is 3.66. The lowest BCUT2D eigenvalue weighted by atomic mass is 10.1. The van der Waals surface area contributed by atoms with Crippen LogP contribution in [-0.2, 0) is 4.79 Å². The summed E-state index contributed by atoms with van der Waals surface area (Å²) in [4.78, 5) is 14.9. The van der Waals surface area contributed by atoms with Gasteiger partial charge in [0.2, 0.25) is 0 Å². The largest absolute Gasteiger partial charge is 0.480 e. The first-order valence-electron chi connectivity index (χ1n) is 5.18. The minimum absolute atomic E-state index is 0.497. The molecular formula is C13H12N2O2. The molecule has 0 spiro atoms. The van der Waals surface area contributed by atoms with Gasteiger partial charge >= 0.3 is 5.97 Å². The molecule has 17 heavy (non-hydrogen) atoms. The first kappa shape index (κ1) is 11.3. The molecule has 4 heteroatoms. The summed E-state index contributed by atoms with van der Waals surface area (Å²) in [5.41, 5.74) is 7.77. The molecule has 2 aromatic rings. The Hall–Kier alpha value is -2.20. The Labute approximate surface area is 98.7 Å². The van der Waals surface area contributed by atoms with Crippen molar-refractivity contribution in [1.82, 2.24) is 4.98 Å². The molecule has 0 aliphatic carbocycles. The zero-order valence-corrected chi connectivity index (χ0v) is 9.08. The van der Waals surface area contributed by atoms with Crippen molar-refractivity contribution >= 4 is 5.97 Å². The van der Waals surface area contributed by atoms with Crippen LogP contribution in [0.2, 0.25) is 0 Å². The number of hydrogen-bond donors (Lipinski definition) is 2. The summed E-state index contributed by atoms with van der Waals surface area (Å²) in [5, 5.41) is 8.77. The highest BCUT2D eigenvalue weighted by Crippen LogP contribution is 2.18. The Morgan fingerprint density at radius 3 is 2.41 bits per heavy atom. The summed E-state index contributed by atoms with van der Waals surface area (Å²) in [6, 6.07) is 12.1. The van der Waals surface area contributed by atoms with Crippen molar-refractivity contribution in [2.24, 2.45) is 5.73 Å². The Morgan fingerprint density at radius 2 is 1.88 bits per heavy atom. The Morgan fingerprint density at radius 1 is 1.18 bits per heavy atom. The van der Waals surface area contributed by atoms with Crippen LogP contribution in [0, 0.1) is 0 Å². The molecular weight excluding hydrogens is 216 g/mol. The lowest BCUT2D eigenvalue weighted by Crippen LogP contribution is -2.20. The van der Waals surface area contributed by atoms with Gasteiger partial charge in [0.25, 0.3) is 0 Å². The second-order valence-corrected chi connectivity index (χ2v) is 3.66. The summed E-state index contributed by atoms with van der Waals surface area (Å²) in [6.07, 6.45) is 1.50. The third-order valence-electron chi connectivity index (χ3n) is 2.48. The first-order valence-corrected chi connectivity index (χ1v) is 5.18. The van der Waals surface area contributed by atoms with Gasteiger partial charge in [0.1, 0.15) is 6.04 Å². The molecule has 86 valence electrons. The van der Waals surface area contributed by atoms with Gasteiger partial charge in [-0.15, -0.1) is 0 Å². The molecule has 4 nitrogen and oxygen atoms in total. The van der Waals surface area contributed by atoms with Crippen LogP contribution in [0.4, 0.5) is 0 Å². The van der Waals surface area contributed by atoms with Crippen molar-refractivity contribution in [1.29, 1.82) is 0 Å². The molecule has 3 N–H and O–H groups in total. The SMILES string of the molecule is N[C@H](C(=O)O)c1ccc(-c2ccccc2)nc1. The highest BCUT2D eigenvalue weighted by Gasteiger charge is 2.14. The van der Waals surface area contributed by atoms with E-state index in [9.17, 15) is 4.79 Å². The Bertz CT molecular complexity index is 509. The molecule has 1 heterocycles. The highest BCUT2D eigenvalue weighted by molar-refractivity contribution is 5.75. The molecule has 2 rings (SSSR count). The van der Waals surface area contributed by atoms with Gasteiger partial charge in [-0.2, -0.15) is 0 Å². The van der Waals surface area contributed by atoms with Crippen LogP contribution in [0.25, 0.3) is 11.3 Å². The number of hydrogen-bond acceptors (Lipinski definition) is 3. The lowest BCUT2D eigenvalue weighted by molar-refractivity contribution is -0.138. The number of carboxylic acids is 1. The van der Waals surface area contributed by atoms with Crippen LogP contribution in [0.15, 0.2) is 48.7 Å². The predicted molar refractivity (Wildman–Crippen MR) is 64.2 cm³/mol. The average molecular weight is 228 g/mol. The number of rotatable bonds is 3. The van der Waals surface area contributed by atoms with Gasteiger partial charge < -0.3 is 10.8 Å². The van der Waals surface area contributed by atoms with Gasteiger partial charge in [-0.25, -0.2) is 0 Å². The molecule has 1 aromatic heterocycles. The van der Waals surface area contributed by atoms with E-state index in [1.165, 1.54) is 6.20 Å². The zero-order chi connectivity index (χ0) is 12.3. The quantitative estimate of drug-likeness (QED) is 0.840. The zero-order valence-electron chi connectivity index (χ0n) is 9.08. The Kier molecular flexibility index (Phi) is 3.16. The minimum Gasteiger partial charge on any atom is -0.480 e. The number of aliphatic carboxylic acids is 1. The van der Waals surface area contributed by atoms with Gasteiger partial charge in [0.15, 0.2) is 0 Å². The number of benzene rings is 1. The van der Waals surface area contributed by atoms with Gasteiger partial charge in [-0.1, -0.05) is 36.4 Å². The molecule has 0 unspecified atom stereocenters. The summed E-state index contributed by atoms with van der Waals surface area (Å²) in [5.74, 6) is -1.06. The number of carbonyl (C=O) groups is 1. The fourth-order valence-corrected chi connectivity index (χ4v) is 1.51. The van der Waals surface area contributed by atoms with Crippen LogP contribution in [0.1, 0.15) is 11.6 Å². The molecule has 0 radical (unpaired) electrons. The fourth-order valence-electron chi connectivity index (χ4n) is 1.51. The van der Waals surface area contributed by atoms with Crippen LogP contribution in [0.3, 0.4) is 0 Å². The van der Waals surface area contributed by atoms with E-state index in [-0.39, 0.29) is 0 Å². The highest BCUT2D eigenvalue weighted by atomic mass is 16.4. The van der Waals surface area contributed by atoms with Crippen molar-refractivity contribution in [2.75, 3.05) is 0 Å². The van der Waals surface area contributed by atoms with Crippen LogP contribution >= 0.6 is 0 Å². The molecule has 0 saturated heterocycles. The normalized spacial score (nSPS) is 12.1. The van der Waals surface area contributed by atoms with Crippen molar-refractivity contribution in [3.63, 3.8) is 0 Å². The molecule has 0 aliphatic rings. The summed E-state index contributed by atoms with van der Waals surface area (Å²) < 4.78 is 0. The number of nitrogens with zero attached hydrogens (tertiary/aromatic N) is 1. The topological polar surface area (TPSA) is 76.2 Å². The average Bonchev–Trinajstić information content (AvgIpc) is 2.39. The number of aromatic nitrogens is 1. The maximum Gasteiger partial charge on any atom is 0.325 e. The van der Waals surface area contributed by atoms with Crippen molar-refractivity contribution in [2.45, 2.75) is 6.04 Å². The third kappa shape index (κ3) is 2.49. The summed E-state index contributed by atoms with van der Waals surface area (Å²) in [6.45, 7) is 0. The Balaban J connectivity index is 2.28. The molecule has 0 amide bonds. The molecule has 0 saturated carbocycles. The first-order chi connectivity index (χ1) is 8.18. The van der Waals surface area contributed by atoms with Crippen LogP contribution in [-0.4, -0.2) is 16.1 Å². The van der Waals surface area contributed by atoms with Crippen LogP contribution in [0.5, 0.6) is 0 Å². The van der Waals surface area contributed by atoms with Gasteiger partial charge in [-0.05, 0) is 11.6 Å². The number of carboxylic acid groups (broad SMARTS) is 1. The molecule has 1 atom stereocenters. The maximum atomic E-state index is 10.7. The van der Waals surface area contributed by atoms with Gasteiger partial charge in [0.05, 0.1) is 5.69 Å². The minimum atomic E-state index is -1.06. The summed E-state index contributed by atoms with van der Waals surface area (Å²) >= 11 is 0. The fraction of sp³-hybridized carbons (Fsp3) is 0.0769. The van der Waals surface area contributed by atoms with E-state index < -0.39 is 12.0 Å². The van der Waals surface area contributed by atoms with E-state index in [4.69, 9.17) is 10.8 Å². The molecule has 0 fully saturated rings. The monoisotopic (exact) mass is 228 g/mol. The maximum absolute atomic E-state index is 10.7. The molecule has 0 aliphatic heterocycles. The standard InChI is InChI=1S/C13H12N2O2/c14-12(13(16)17)10-6-7-11(15-8-10)9-4-2-1-3-5-9/h1-8,12H,14H2,(H,16,17)/t12-/m0/s1. The van der Waals surface area contributed by atoms with E-state index in [1.807, 2.05) is 30.3 Å². The van der Waals surface area contributed by atoms with Gasteiger partial charge in [-0.3, -0.25) is 9.78 Å². The van der Waals surface area contributed by atoms with Crippen molar-refractivity contribution in [3.8, 4) is 11.3 Å². The van der Waals surface area contributed by atoms with Crippen LogP contribution < -0.4 is 5.73 Å². The van der Waals surface area contributed by atoms with Gasteiger partial charge in [0, 0.05) is 11.8 Å².